The monoisotopic (exact) mass is 286 g/mol. The lowest BCUT2D eigenvalue weighted by Crippen LogP contribution is -2.50. The van der Waals surface area contributed by atoms with Gasteiger partial charge in [-0.25, -0.2) is 4.79 Å². The normalized spacial score (nSPS) is 21.9. The summed E-state index contributed by atoms with van der Waals surface area (Å²) in [5.41, 5.74) is 0.438. The van der Waals surface area contributed by atoms with Gasteiger partial charge < -0.3 is 14.6 Å². The molecule has 2 heterocycles. The summed E-state index contributed by atoms with van der Waals surface area (Å²) in [6.07, 6.45) is 3.01. The largest absolute Gasteiger partial charge is 0.480 e. The van der Waals surface area contributed by atoms with Crippen molar-refractivity contribution in [1.29, 1.82) is 0 Å². The van der Waals surface area contributed by atoms with E-state index in [2.05, 4.69) is 0 Å². The van der Waals surface area contributed by atoms with Gasteiger partial charge in [0.1, 0.15) is 5.54 Å². The van der Waals surface area contributed by atoms with Crippen LogP contribution in [0.15, 0.2) is 30.5 Å². The number of aliphatic carboxylic acids is 1. The lowest BCUT2D eigenvalue weighted by Gasteiger charge is -2.31. The molecule has 0 bridgehead atoms. The minimum absolute atomic E-state index is 0.200. The van der Waals surface area contributed by atoms with E-state index in [1.807, 2.05) is 35.9 Å². The first-order valence-electron chi connectivity index (χ1n) is 7.04. The third kappa shape index (κ3) is 1.92. The molecule has 1 aliphatic rings. The van der Waals surface area contributed by atoms with Crippen LogP contribution in [0, 0.1) is 0 Å². The number of nitrogens with zero attached hydrogens (tertiary/aromatic N) is 2. The second kappa shape index (κ2) is 4.62. The molecule has 1 unspecified atom stereocenters. The maximum Gasteiger partial charge on any atom is 0.329 e. The number of para-hydroxylation sites is 1. The van der Waals surface area contributed by atoms with E-state index < -0.39 is 11.5 Å². The summed E-state index contributed by atoms with van der Waals surface area (Å²) in [6.45, 7) is 2.12. The zero-order valence-electron chi connectivity index (χ0n) is 12.2. The number of hydrogen-bond donors (Lipinski definition) is 1. The van der Waals surface area contributed by atoms with Crippen LogP contribution in [-0.4, -0.2) is 38.5 Å². The summed E-state index contributed by atoms with van der Waals surface area (Å²) in [5.74, 6) is -1.14. The minimum atomic E-state index is -1.10. The topological polar surface area (TPSA) is 62.5 Å². The summed E-state index contributed by atoms with van der Waals surface area (Å²) in [4.78, 5) is 25.9. The first kappa shape index (κ1) is 13.7. The Bertz CT molecular complexity index is 734. The van der Waals surface area contributed by atoms with E-state index in [0.717, 1.165) is 17.3 Å². The van der Waals surface area contributed by atoms with Crippen LogP contribution >= 0.6 is 0 Å². The Hall–Kier alpha value is -2.30. The van der Waals surface area contributed by atoms with Gasteiger partial charge >= 0.3 is 5.97 Å². The maximum absolute atomic E-state index is 12.8. The van der Waals surface area contributed by atoms with Crippen LogP contribution < -0.4 is 0 Å². The van der Waals surface area contributed by atoms with Crippen molar-refractivity contribution in [2.24, 2.45) is 7.05 Å². The number of carbonyl (C=O) groups excluding carboxylic acids is 1. The second-order valence-corrected chi connectivity index (χ2v) is 5.81. The van der Waals surface area contributed by atoms with Gasteiger partial charge in [-0.3, -0.25) is 4.79 Å². The molecular formula is C16H18N2O3. The average Bonchev–Trinajstić information content (AvgIpc) is 3.01. The van der Waals surface area contributed by atoms with Crippen molar-refractivity contribution in [2.75, 3.05) is 6.54 Å². The Kier molecular flexibility index (Phi) is 3.01. The third-order valence-electron chi connectivity index (χ3n) is 4.47. The van der Waals surface area contributed by atoms with Gasteiger partial charge in [-0.05, 0) is 25.8 Å². The SMILES string of the molecule is Cn1cc(C(=O)N2CCCC2(C)C(=O)O)c2ccccc21. The highest BCUT2D eigenvalue weighted by atomic mass is 16.4. The first-order valence-corrected chi connectivity index (χ1v) is 7.04. The number of hydrogen-bond acceptors (Lipinski definition) is 2. The van der Waals surface area contributed by atoms with Crippen molar-refractivity contribution in [3.63, 3.8) is 0 Å². The molecule has 21 heavy (non-hydrogen) atoms. The van der Waals surface area contributed by atoms with Crippen LogP contribution in [0.3, 0.4) is 0 Å². The van der Waals surface area contributed by atoms with Crippen molar-refractivity contribution in [1.82, 2.24) is 9.47 Å². The van der Waals surface area contributed by atoms with Crippen molar-refractivity contribution in [3.8, 4) is 0 Å². The number of carboxylic acid groups (broad SMARTS) is 1. The maximum atomic E-state index is 12.8. The molecule has 1 aromatic carbocycles. The fraction of sp³-hybridized carbons (Fsp3) is 0.375. The minimum Gasteiger partial charge on any atom is -0.480 e. The Balaban J connectivity index is 2.07. The van der Waals surface area contributed by atoms with E-state index in [0.29, 0.717) is 18.5 Å². The molecule has 1 aromatic heterocycles. The molecule has 2 aromatic rings. The summed E-state index contributed by atoms with van der Waals surface area (Å²) < 4.78 is 1.90. The zero-order chi connectivity index (χ0) is 15.2. The summed E-state index contributed by atoms with van der Waals surface area (Å²) in [5, 5.41) is 10.3. The number of rotatable bonds is 2. The lowest BCUT2D eigenvalue weighted by atomic mass is 9.98. The van der Waals surface area contributed by atoms with E-state index in [-0.39, 0.29) is 5.91 Å². The Labute approximate surface area is 122 Å². The van der Waals surface area contributed by atoms with E-state index in [4.69, 9.17) is 0 Å². The highest BCUT2D eigenvalue weighted by Gasteiger charge is 2.46. The highest BCUT2D eigenvalue weighted by Crippen LogP contribution is 2.32. The molecule has 3 rings (SSSR count). The molecule has 0 radical (unpaired) electrons. The summed E-state index contributed by atoms with van der Waals surface area (Å²) in [6, 6.07) is 7.66. The van der Waals surface area contributed by atoms with Gasteiger partial charge in [-0.1, -0.05) is 18.2 Å². The van der Waals surface area contributed by atoms with Crippen molar-refractivity contribution in [3.05, 3.63) is 36.0 Å². The molecule has 5 nitrogen and oxygen atoms in total. The molecule has 110 valence electrons. The fourth-order valence-electron chi connectivity index (χ4n) is 3.17. The number of carboxylic acids is 1. The molecule has 1 amide bonds. The predicted octanol–water partition coefficient (Wildman–Crippen LogP) is 2.26. The zero-order valence-corrected chi connectivity index (χ0v) is 12.2. The Morgan fingerprint density at radius 2 is 2.00 bits per heavy atom. The number of fused-ring (bicyclic) bond motifs is 1. The molecule has 5 heteroatoms. The molecular weight excluding hydrogens is 268 g/mol. The van der Waals surface area contributed by atoms with Gasteiger partial charge in [0.05, 0.1) is 5.56 Å². The smallest absolute Gasteiger partial charge is 0.329 e. The molecule has 1 N–H and O–H groups in total. The molecule has 1 fully saturated rings. The summed E-state index contributed by atoms with van der Waals surface area (Å²) in [7, 11) is 1.89. The molecule has 0 aliphatic carbocycles. The highest BCUT2D eigenvalue weighted by molar-refractivity contribution is 6.08. The van der Waals surface area contributed by atoms with E-state index >= 15 is 0 Å². The predicted molar refractivity (Wildman–Crippen MR) is 79.2 cm³/mol. The average molecular weight is 286 g/mol. The van der Waals surface area contributed by atoms with Crippen LogP contribution in [0.2, 0.25) is 0 Å². The van der Waals surface area contributed by atoms with Gasteiger partial charge in [-0.2, -0.15) is 0 Å². The lowest BCUT2D eigenvalue weighted by molar-refractivity contribution is -0.147. The third-order valence-corrected chi connectivity index (χ3v) is 4.47. The van der Waals surface area contributed by atoms with E-state index in [1.54, 1.807) is 13.1 Å². The van der Waals surface area contributed by atoms with Crippen LogP contribution in [0.1, 0.15) is 30.1 Å². The summed E-state index contributed by atoms with van der Waals surface area (Å²) >= 11 is 0. The number of likely N-dealkylation sites (tertiary alicyclic amines) is 1. The van der Waals surface area contributed by atoms with Crippen LogP contribution in [0.4, 0.5) is 0 Å². The molecule has 0 saturated carbocycles. The van der Waals surface area contributed by atoms with Gasteiger partial charge in [0, 0.05) is 30.7 Å². The number of carbonyl (C=O) groups is 2. The number of aromatic nitrogens is 1. The van der Waals surface area contributed by atoms with Crippen LogP contribution in [-0.2, 0) is 11.8 Å². The van der Waals surface area contributed by atoms with E-state index in [9.17, 15) is 14.7 Å². The fourth-order valence-corrected chi connectivity index (χ4v) is 3.17. The Morgan fingerprint density at radius 1 is 1.29 bits per heavy atom. The second-order valence-electron chi connectivity index (χ2n) is 5.81. The number of amides is 1. The van der Waals surface area contributed by atoms with Gasteiger partial charge in [-0.15, -0.1) is 0 Å². The van der Waals surface area contributed by atoms with Gasteiger partial charge in [0.2, 0.25) is 0 Å². The molecule has 0 spiro atoms. The van der Waals surface area contributed by atoms with Gasteiger partial charge in [0.15, 0.2) is 0 Å². The van der Waals surface area contributed by atoms with E-state index in [1.165, 1.54) is 4.90 Å². The molecule has 1 aliphatic heterocycles. The Morgan fingerprint density at radius 3 is 2.71 bits per heavy atom. The number of aryl methyl sites for hydroxylation is 1. The van der Waals surface area contributed by atoms with Gasteiger partial charge in [0.25, 0.3) is 5.91 Å². The first-order chi connectivity index (χ1) is 9.95. The van der Waals surface area contributed by atoms with Crippen molar-refractivity contribution in [2.45, 2.75) is 25.3 Å². The molecule has 1 saturated heterocycles. The van der Waals surface area contributed by atoms with Crippen LogP contribution in [0.25, 0.3) is 10.9 Å². The standard InChI is InChI=1S/C16H18N2O3/c1-16(15(20)21)8-5-9-18(16)14(19)12-10-17(2)13-7-4-3-6-11(12)13/h3-4,6-7,10H,5,8-9H2,1-2H3,(H,20,21). The van der Waals surface area contributed by atoms with Crippen molar-refractivity contribution >= 4 is 22.8 Å². The molecule has 1 atom stereocenters. The quantitative estimate of drug-likeness (QED) is 0.921. The van der Waals surface area contributed by atoms with Crippen molar-refractivity contribution < 1.29 is 14.7 Å². The van der Waals surface area contributed by atoms with Crippen LogP contribution in [0.5, 0.6) is 0 Å². The number of benzene rings is 1.